The van der Waals surface area contributed by atoms with Crippen molar-refractivity contribution in [1.29, 1.82) is 0 Å². The summed E-state index contributed by atoms with van der Waals surface area (Å²) in [6, 6.07) is 0. The molecule has 0 amide bonds. The van der Waals surface area contributed by atoms with E-state index >= 15 is 0 Å². The van der Waals surface area contributed by atoms with Gasteiger partial charge in [0, 0.05) is 12.0 Å². The Kier molecular flexibility index (Phi) is 5.99. The second-order valence-electron chi connectivity index (χ2n) is 5.05. The van der Waals surface area contributed by atoms with Crippen molar-refractivity contribution in [3.8, 4) is 0 Å². The molecule has 2 heteroatoms. The second-order valence-corrected chi connectivity index (χ2v) is 5.67. The minimum atomic E-state index is 0.0664. The Morgan fingerprint density at radius 1 is 1.27 bits per heavy atom. The third kappa shape index (κ3) is 5.21. The van der Waals surface area contributed by atoms with Crippen LogP contribution in [0.15, 0.2) is 0 Å². The van der Waals surface area contributed by atoms with Gasteiger partial charge in [-0.05, 0) is 26.2 Å². The largest absolute Gasteiger partial charge is 0.375 e. The van der Waals surface area contributed by atoms with E-state index in [0.717, 1.165) is 19.4 Å². The van der Waals surface area contributed by atoms with Crippen LogP contribution in [-0.4, -0.2) is 17.6 Å². The van der Waals surface area contributed by atoms with Crippen LogP contribution in [0.5, 0.6) is 0 Å². The number of alkyl halides is 1. The number of halogens is 1. The van der Waals surface area contributed by atoms with E-state index in [-0.39, 0.29) is 5.60 Å². The van der Waals surface area contributed by atoms with Gasteiger partial charge in [0.15, 0.2) is 0 Å². The van der Waals surface area contributed by atoms with Gasteiger partial charge < -0.3 is 4.74 Å². The van der Waals surface area contributed by atoms with E-state index in [1.807, 2.05) is 0 Å². The molecule has 0 saturated carbocycles. The van der Waals surface area contributed by atoms with E-state index in [1.54, 1.807) is 0 Å². The predicted octanol–water partition coefficient (Wildman–Crippen LogP) is 4.52. The van der Waals surface area contributed by atoms with Gasteiger partial charge in [0.1, 0.15) is 0 Å². The Morgan fingerprint density at radius 2 is 2.00 bits per heavy atom. The molecule has 0 aliphatic carbocycles. The summed E-state index contributed by atoms with van der Waals surface area (Å²) in [5.74, 6) is 0. The molecule has 0 bridgehead atoms. The van der Waals surface area contributed by atoms with E-state index in [4.69, 9.17) is 16.3 Å². The van der Waals surface area contributed by atoms with Gasteiger partial charge in [-0.15, -0.1) is 11.6 Å². The van der Waals surface area contributed by atoms with Crippen LogP contribution in [0.3, 0.4) is 0 Å². The predicted molar refractivity (Wildman–Crippen MR) is 66.6 cm³/mol. The minimum absolute atomic E-state index is 0.0664. The van der Waals surface area contributed by atoms with E-state index in [2.05, 4.69) is 13.8 Å². The van der Waals surface area contributed by atoms with Gasteiger partial charge in [0.05, 0.1) is 5.60 Å². The molecule has 90 valence electrons. The lowest BCUT2D eigenvalue weighted by atomic mass is 9.90. The lowest BCUT2D eigenvalue weighted by Gasteiger charge is -2.36. The fraction of sp³-hybridized carbons (Fsp3) is 1.00. The van der Waals surface area contributed by atoms with Crippen LogP contribution < -0.4 is 0 Å². The molecule has 0 radical (unpaired) electrons. The first-order valence-electron chi connectivity index (χ1n) is 6.44. The molecule has 0 aromatic rings. The fourth-order valence-corrected chi connectivity index (χ4v) is 2.75. The molecule has 0 spiro atoms. The van der Waals surface area contributed by atoms with Crippen molar-refractivity contribution in [3.05, 3.63) is 0 Å². The highest BCUT2D eigenvalue weighted by Crippen LogP contribution is 2.32. The molecular weight excluding hydrogens is 208 g/mol. The van der Waals surface area contributed by atoms with Gasteiger partial charge in [-0.2, -0.15) is 0 Å². The van der Waals surface area contributed by atoms with Crippen LogP contribution in [0.1, 0.15) is 65.2 Å². The summed E-state index contributed by atoms with van der Waals surface area (Å²) in [7, 11) is 0. The molecule has 1 saturated heterocycles. The quantitative estimate of drug-likeness (QED) is 0.483. The molecule has 2 atom stereocenters. The van der Waals surface area contributed by atoms with Crippen LogP contribution in [0.2, 0.25) is 0 Å². The van der Waals surface area contributed by atoms with Gasteiger partial charge in [0.25, 0.3) is 0 Å². The van der Waals surface area contributed by atoms with Crippen molar-refractivity contribution in [2.24, 2.45) is 0 Å². The SMILES string of the molecule is CCCCCCCC1(C)CC(Cl)CCO1. The van der Waals surface area contributed by atoms with E-state index < -0.39 is 0 Å². The van der Waals surface area contributed by atoms with Gasteiger partial charge in [0.2, 0.25) is 0 Å². The smallest absolute Gasteiger partial charge is 0.0668 e. The summed E-state index contributed by atoms with van der Waals surface area (Å²) in [4.78, 5) is 0. The Balaban J connectivity index is 2.12. The van der Waals surface area contributed by atoms with E-state index in [9.17, 15) is 0 Å². The normalized spacial score (nSPS) is 31.8. The van der Waals surface area contributed by atoms with Crippen molar-refractivity contribution in [2.45, 2.75) is 76.2 Å². The van der Waals surface area contributed by atoms with Crippen molar-refractivity contribution in [2.75, 3.05) is 6.61 Å². The molecule has 15 heavy (non-hydrogen) atoms. The number of unbranched alkanes of at least 4 members (excludes halogenated alkanes) is 4. The molecule has 1 heterocycles. The Hall–Kier alpha value is 0.250. The molecule has 1 rings (SSSR count). The number of rotatable bonds is 6. The lowest BCUT2D eigenvalue weighted by molar-refractivity contribution is -0.0696. The number of hydrogen-bond donors (Lipinski definition) is 0. The summed E-state index contributed by atoms with van der Waals surface area (Å²) >= 11 is 6.18. The first-order chi connectivity index (χ1) is 7.16. The van der Waals surface area contributed by atoms with Crippen LogP contribution in [-0.2, 0) is 4.74 Å². The summed E-state index contributed by atoms with van der Waals surface area (Å²) in [6.07, 6.45) is 9.93. The monoisotopic (exact) mass is 232 g/mol. The maximum absolute atomic E-state index is 6.18. The second kappa shape index (κ2) is 6.75. The molecule has 0 aromatic heterocycles. The minimum Gasteiger partial charge on any atom is -0.375 e. The average Bonchev–Trinajstić information content (AvgIpc) is 2.17. The van der Waals surface area contributed by atoms with Gasteiger partial charge >= 0.3 is 0 Å². The standard InChI is InChI=1S/C13H25ClO/c1-3-4-5-6-7-9-13(2)11-12(14)8-10-15-13/h12H,3-11H2,1-2H3. The molecule has 2 unspecified atom stereocenters. The van der Waals surface area contributed by atoms with Crippen molar-refractivity contribution < 1.29 is 4.74 Å². The lowest BCUT2D eigenvalue weighted by Crippen LogP contribution is -2.37. The Labute approximate surface area is 99.5 Å². The van der Waals surface area contributed by atoms with E-state index in [1.165, 1.54) is 38.5 Å². The third-order valence-corrected chi connectivity index (χ3v) is 3.72. The van der Waals surface area contributed by atoms with Crippen LogP contribution in [0, 0.1) is 0 Å². The zero-order valence-electron chi connectivity index (χ0n) is 10.2. The molecule has 1 aliphatic rings. The van der Waals surface area contributed by atoms with E-state index in [0.29, 0.717) is 5.38 Å². The Morgan fingerprint density at radius 3 is 2.67 bits per heavy atom. The highest BCUT2D eigenvalue weighted by molar-refractivity contribution is 6.20. The van der Waals surface area contributed by atoms with Gasteiger partial charge in [-0.1, -0.05) is 39.0 Å². The maximum atomic E-state index is 6.18. The third-order valence-electron chi connectivity index (χ3n) is 3.34. The first-order valence-corrected chi connectivity index (χ1v) is 6.88. The molecule has 1 fully saturated rings. The van der Waals surface area contributed by atoms with Crippen LogP contribution in [0.25, 0.3) is 0 Å². The average molecular weight is 233 g/mol. The zero-order chi connectivity index (χ0) is 11.1. The maximum Gasteiger partial charge on any atom is 0.0668 e. The van der Waals surface area contributed by atoms with Crippen LogP contribution >= 0.6 is 11.6 Å². The molecule has 1 nitrogen and oxygen atoms in total. The molecule has 1 aliphatic heterocycles. The van der Waals surface area contributed by atoms with Crippen LogP contribution in [0.4, 0.5) is 0 Å². The topological polar surface area (TPSA) is 9.23 Å². The zero-order valence-corrected chi connectivity index (χ0v) is 11.0. The Bertz CT molecular complexity index is 172. The summed E-state index contributed by atoms with van der Waals surface area (Å²) in [6.45, 7) is 5.32. The molecule has 0 aromatic carbocycles. The van der Waals surface area contributed by atoms with Crippen molar-refractivity contribution >= 4 is 11.6 Å². The summed E-state index contributed by atoms with van der Waals surface area (Å²) in [5.41, 5.74) is 0.0664. The van der Waals surface area contributed by atoms with Gasteiger partial charge in [-0.3, -0.25) is 0 Å². The highest BCUT2D eigenvalue weighted by Gasteiger charge is 2.31. The molecule has 0 N–H and O–H groups in total. The highest BCUT2D eigenvalue weighted by atomic mass is 35.5. The summed E-state index contributed by atoms with van der Waals surface area (Å²) < 4.78 is 5.86. The van der Waals surface area contributed by atoms with Crippen molar-refractivity contribution in [3.63, 3.8) is 0 Å². The molecular formula is C13H25ClO. The van der Waals surface area contributed by atoms with Gasteiger partial charge in [-0.25, -0.2) is 0 Å². The number of ether oxygens (including phenoxy) is 1. The van der Waals surface area contributed by atoms with Crippen molar-refractivity contribution in [1.82, 2.24) is 0 Å². The first kappa shape index (κ1) is 13.3. The number of hydrogen-bond acceptors (Lipinski definition) is 1. The fourth-order valence-electron chi connectivity index (χ4n) is 2.34. The summed E-state index contributed by atoms with van der Waals surface area (Å²) in [5, 5.41) is 0.333.